The first-order valence-electron chi connectivity index (χ1n) is 8.10. The number of carbonyl (C=O) groups is 2. The Kier molecular flexibility index (Phi) is 4.89. The number of nitrogens with zero attached hydrogens (tertiary/aromatic N) is 1. The number of hydrogen-bond donors (Lipinski definition) is 1. The molecular weight excluding hydrogens is 423 g/mol. The Morgan fingerprint density at radius 3 is 2.50 bits per heavy atom. The minimum Gasteiger partial charge on any atom is -0.457 e. The van der Waals surface area contributed by atoms with E-state index in [1.54, 1.807) is 42.5 Å². The minimum absolute atomic E-state index is 0.0573. The Bertz CT molecular complexity index is 1140. The van der Waals surface area contributed by atoms with E-state index in [9.17, 15) is 9.59 Å². The molecule has 0 saturated carbocycles. The molecule has 0 unspecified atom stereocenters. The molecule has 0 aliphatic carbocycles. The van der Waals surface area contributed by atoms with Gasteiger partial charge in [0.1, 0.15) is 17.1 Å². The SMILES string of the molecule is O=C1NN(c2ccc(Cl)c(Cl)c2)C(=O)/C1=C\c1ccc(-c2cccc(Cl)c2)o1. The zero-order valence-electron chi connectivity index (χ0n) is 14.1. The van der Waals surface area contributed by atoms with Crippen LogP contribution in [0, 0.1) is 0 Å². The van der Waals surface area contributed by atoms with Crippen molar-refractivity contribution in [2.45, 2.75) is 0 Å². The van der Waals surface area contributed by atoms with Crippen molar-refractivity contribution in [3.63, 3.8) is 0 Å². The quantitative estimate of drug-likeness (QED) is 0.446. The molecule has 0 atom stereocenters. The van der Waals surface area contributed by atoms with Gasteiger partial charge in [0, 0.05) is 10.6 Å². The number of hydrogen-bond acceptors (Lipinski definition) is 3. The number of hydrazine groups is 1. The van der Waals surface area contributed by atoms with Crippen LogP contribution in [0.4, 0.5) is 5.69 Å². The van der Waals surface area contributed by atoms with Gasteiger partial charge in [0.15, 0.2) is 0 Å². The molecule has 2 aromatic carbocycles. The van der Waals surface area contributed by atoms with Gasteiger partial charge in [-0.2, -0.15) is 0 Å². The van der Waals surface area contributed by atoms with Crippen LogP contribution in [0.1, 0.15) is 5.76 Å². The third kappa shape index (κ3) is 3.52. The van der Waals surface area contributed by atoms with Gasteiger partial charge < -0.3 is 4.42 Å². The molecular formula is C20H11Cl3N2O3. The van der Waals surface area contributed by atoms with Crippen molar-refractivity contribution < 1.29 is 14.0 Å². The van der Waals surface area contributed by atoms with E-state index in [0.29, 0.717) is 27.3 Å². The topological polar surface area (TPSA) is 62.6 Å². The number of halogens is 3. The van der Waals surface area contributed by atoms with E-state index in [1.807, 2.05) is 6.07 Å². The highest BCUT2D eigenvalue weighted by Gasteiger charge is 2.35. The van der Waals surface area contributed by atoms with E-state index in [-0.39, 0.29) is 10.6 Å². The molecule has 2 heterocycles. The summed E-state index contributed by atoms with van der Waals surface area (Å²) in [6.45, 7) is 0. The lowest BCUT2D eigenvalue weighted by molar-refractivity contribution is -0.117. The molecule has 4 rings (SSSR count). The lowest BCUT2D eigenvalue weighted by Crippen LogP contribution is -2.35. The van der Waals surface area contributed by atoms with Crippen LogP contribution in [0.5, 0.6) is 0 Å². The van der Waals surface area contributed by atoms with Crippen molar-refractivity contribution in [3.8, 4) is 11.3 Å². The first-order valence-corrected chi connectivity index (χ1v) is 9.24. The Hall–Kier alpha value is -2.73. The standard InChI is InChI=1S/C20H11Cl3N2O3/c21-12-3-1-2-11(8-12)18-7-5-14(28-18)10-15-19(26)24-25(20(15)27)13-4-6-16(22)17(23)9-13/h1-10H,(H,24,26)/b15-10-. The summed E-state index contributed by atoms with van der Waals surface area (Å²) >= 11 is 17.9. The van der Waals surface area contributed by atoms with E-state index in [4.69, 9.17) is 39.2 Å². The van der Waals surface area contributed by atoms with Crippen molar-refractivity contribution in [1.29, 1.82) is 0 Å². The van der Waals surface area contributed by atoms with Crippen LogP contribution in [0.3, 0.4) is 0 Å². The lowest BCUT2D eigenvalue weighted by atomic mass is 10.2. The molecule has 0 bridgehead atoms. The highest BCUT2D eigenvalue weighted by atomic mass is 35.5. The zero-order chi connectivity index (χ0) is 19.8. The fourth-order valence-electron chi connectivity index (χ4n) is 2.73. The Morgan fingerprint density at radius 2 is 1.75 bits per heavy atom. The van der Waals surface area contributed by atoms with Crippen molar-refractivity contribution in [2.24, 2.45) is 0 Å². The van der Waals surface area contributed by atoms with Crippen molar-refractivity contribution in [1.82, 2.24) is 5.43 Å². The average Bonchev–Trinajstić information content (AvgIpc) is 3.24. The van der Waals surface area contributed by atoms with Gasteiger partial charge in [0.25, 0.3) is 11.8 Å². The van der Waals surface area contributed by atoms with Crippen LogP contribution < -0.4 is 10.4 Å². The summed E-state index contributed by atoms with van der Waals surface area (Å²) in [5.74, 6) is -0.133. The third-order valence-corrected chi connectivity index (χ3v) is 5.05. The van der Waals surface area contributed by atoms with Crippen LogP contribution in [0.15, 0.2) is 64.6 Å². The summed E-state index contributed by atoms with van der Waals surface area (Å²) in [5, 5.41) is 2.31. The molecule has 140 valence electrons. The predicted octanol–water partition coefficient (Wildman–Crippen LogP) is 5.37. The van der Waals surface area contributed by atoms with Gasteiger partial charge in [-0.3, -0.25) is 15.0 Å². The Labute approximate surface area is 175 Å². The van der Waals surface area contributed by atoms with E-state index in [0.717, 1.165) is 10.6 Å². The van der Waals surface area contributed by atoms with Gasteiger partial charge in [-0.05, 0) is 48.5 Å². The van der Waals surface area contributed by atoms with Gasteiger partial charge in [0.05, 0.1) is 15.7 Å². The van der Waals surface area contributed by atoms with Gasteiger partial charge in [-0.25, -0.2) is 5.01 Å². The molecule has 1 aliphatic rings. The summed E-state index contributed by atoms with van der Waals surface area (Å²) in [5.41, 5.74) is 3.63. The Morgan fingerprint density at radius 1 is 0.929 bits per heavy atom. The number of benzene rings is 2. The molecule has 1 fully saturated rings. The van der Waals surface area contributed by atoms with Crippen molar-refractivity contribution in [2.75, 3.05) is 5.01 Å². The van der Waals surface area contributed by atoms with Crippen molar-refractivity contribution >= 4 is 58.4 Å². The number of nitrogens with one attached hydrogen (secondary N) is 1. The van der Waals surface area contributed by atoms with Crippen LogP contribution in [0.2, 0.25) is 15.1 Å². The second-order valence-corrected chi connectivity index (χ2v) is 7.20. The number of amides is 2. The summed E-state index contributed by atoms with van der Waals surface area (Å²) in [6.07, 6.45) is 1.39. The molecule has 0 radical (unpaired) electrons. The van der Waals surface area contributed by atoms with Crippen LogP contribution in [-0.4, -0.2) is 11.8 Å². The second-order valence-electron chi connectivity index (χ2n) is 5.95. The number of carbonyl (C=O) groups excluding carboxylic acids is 2. The first-order chi connectivity index (χ1) is 13.4. The maximum absolute atomic E-state index is 12.7. The highest BCUT2D eigenvalue weighted by Crippen LogP contribution is 2.30. The lowest BCUT2D eigenvalue weighted by Gasteiger charge is -2.15. The van der Waals surface area contributed by atoms with Crippen LogP contribution in [0.25, 0.3) is 17.4 Å². The van der Waals surface area contributed by atoms with E-state index in [1.165, 1.54) is 12.1 Å². The van der Waals surface area contributed by atoms with Gasteiger partial charge in [-0.15, -0.1) is 0 Å². The largest absolute Gasteiger partial charge is 0.457 e. The van der Waals surface area contributed by atoms with E-state index >= 15 is 0 Å². The van der Waals surface area contributed by atoms with Gasteiger partial charge in [-0.1, -0.05) is 46.9 Å². The normalized spacial score (nSPS) is 15.4. The maximum atomic E-state index is 12.7. The molecule has 28 heavy (non-hydrogen) atoms. The van der Waals surface area contributed by atoms with E-state index < -0.39 is 11.8 Å². The molecule has 3 aromatic rings. The van der Waals surface area contributed by atoms with E-state index in [2.05, 4.69) is 5.43 Å². The first kappa shape index (κ1) is 18.6. The maximum Gasteiger partial charge on any atom is 0.282 e. The molecule has 1 aromatic heterocycles. The zero-order valence-corrected chi connectivity index (χ0v) is 16.3. The summed E-state index contributed by atoms with van der Waals surface area (Å²) < 4.78 is 5.73. The van der Waals surface area contributed by atoms with Crippen LogP contribution in [-0.2, 0) is 9.59 Å². The van der Waals surface area contributed by atoms with Gasteiger partial charge >= 0.3 is 0 Å². The summed E-state index contributed by atoms with van der Waals surface area (Å²) in [7, 11) is 0. The fraction of sp³-hybridized carbons (Fsp3) is 0. The number of rotatable bonds is 3. The van der Waals surface area contributed by atoms with Gasteiger partial charge in [0.2, 0.25) is 0 Å². The molecule has 2 amide bonds. The molecule has 8 heteroatoms. The summed E-state index contributed by atoms with van der Waals surface area (Å²) in [6, 6.07) is 15.2. The second kappa shape index (κ2) is 7.36. The highest BCUT2D eigenvalue weighted by molar-refractivity contribution is 6.42. The van der Waals surface area contributed by atoms with Crippen molar-refractivity contribution in [3.05, 3.63) is 81.0 Å². The Balaban J connectivity index is 1.62. The average molecular weight is 434 g/mol. The number of anilines is 1. The number of furan rings is 1. The smallest absolute Gasteiger partial charge is 0.282 e. The molecule has 1 N–H and O–H groups in total. The molecule has 5 nitrogen and oxygen atoms in total. The predicted molar refractivity (Wildman–Crippen MR) is 109 cm³/mol. The summed E-state index contributed by atoms with van der Waals surface area (Å²) in [4.78, 5) is 25.0. The molecule has 1 saturated heterocycles. The monoisotopic (exact) mass is 432 g/mol. The minimum atomic E-state index is -0.545. The molecule has 1 aliphatic heterocycles. The third-order valence-electron chi connectivity index (χ3n) is 4.08. The van der Waals surface area contributed by atoms with Crippen LogP contribution >= 0.6 is 34.8 Å². The fourth-order valence-corrected chi connectivity index (χ4v) is 3.22. The molecule has 0 spiro atoms.